The molecule has 0 aliphatic carbocycles. The zero-order valence-corrected chi connectivity index (χ0v) is 10.4. The summed E-state index contributed by atoms with van der Waals surface area (Å²) in [6.07, 6.45) is 0. The lowest BCUT2D eigenvalue weighted by Gasteiger charge is -2.24. The van der Waals surface area contributed by atoms with Crippen molar-refractivity contribution in [2.75, 3.05) is 13.1 Å². The molecule has 0 aromatic carbocycles. The molecule has 0 aliphatic rings. The van der Waals surface area contributed by atoms with Crippen molar-refractivity contribution in [3.63, 3.8) is 0 Å². The summed E-state index contributed by atoms with van der Waals surface area (Å²) >= 11 is 1.85. The van der Waals surface area contributed by atoms with E-state index in [0.29, 0.717) is 0 Å². The molecule has 0 radical (unpaired) electrons. The van der Waals surface area contributed by atoms with Gasteiger partial charge in [-0.05, 0) is 23.9 Å². The van der Waals surface area contributed by atoms with Crippen LogP contribution in [0.5, 0.6) is 0 Å². The third-order valence-corrected chi connectivity index (χ3v) is 3.54. The van der Waals surface area contributed by atoms with E-state index in [-0.39, 0.29) is 5.41 Å². The molecule has 0 aliphatic heterocycles. The van der Waals surface area contributed by atoms with Gasteiger partial charge in [0.1, 0.15) is 0 Å². The van der Waals surface area contributed by atoms with E-state index < -0.39 is 0 Å². The number of rotatable bonds is 5. The normalized spacial score (nSPS) is 12.4. The van der Waals surface area contributed by atoms with Crippen molar-refractivity contribution in [1.29, 1.82) is 0 Å². The van der Waals surface area contributed by atoms with Crippen molar-refractivity contribution in [3.8, 4) is 0 Å². The van der Waals surface area contributed by atoms with Crippen LogP contribution >= 0.6 is 11.3 Å². The highest BCUT2D eigenvalue weighted by atomic mass is 32.1. The van der Waals surface area contributed by atoms with E-state index in [4.69, 9.17) is 0 Å². The topological polar surface area (TPSA) is 12.0 Å². The van der Waals surface area contributed by atoms with Gasteiger partial charge in [-0.15, -0.1) is 11.3 Å². The van der Waals surface area contributed by atoms with Gasteiger partial charge in [-0.1, -0.05) is 33.8 Å². The van der Waals surface area contributed by atoms with Crippen LogP contribution in [0.15, 0.2) is 17.5 Å². The molecule has 1 nitrogen and oxygen atoms in total. The average molecular weight is 211 g/mol. The van der Waals surface area contributed by atoms with Gasteiger partial charge in [0, 0.05) is 16.8 Å². The Labute approximate surface area is 91.5 Å². The first-order valence-corrected chi connectivity index (χ1v) is 6.15. The van der Waals surface area contributed by atoms with Crippen molar-refractivity contribution < 1.29 is 0 Å². The highest BCUT2D eigenvalue weighted by molar-refractivity contribution is 7.10. The molecule has 0 saturated heterocycles. The molecule has 1 aromatic heterocycles. The summed E-state index contributed by atoms with van der Waals surface area (Å²) in [5, 5.41) is 5.67. The van der Waals surface area contributed by atoms with Crippen LogP contribution in [-0.2, 0) is 5.41 Å². The highest BCUT2D eigenvalue weighted by Gasteiger charge is 2.20. The molecule has 0 fully saturated rings. The highest BCUT2D eigenvalue weighted by Crippen LogP contribution is 2.26. The fourth-order valence-corrected chi connectivity index (χ4v) is 2.28. The van der Waals surface area contributed by atoms with Gasteiger partial charge in [-0.25, -0.2) is 0 Å². The minimum Gasteiger partial charge on any atom is -0.316 e. The van der Waals surface area contributed by atoms with Gasteiger partial charge >= 0.3 is 0 Å². The largest absolute Gasteiger partial charge is 0.316 e. The van der Waals surface area contributed by atoms with Crippen LogP contribution in [0, 0.1) is 5.92 Å². The fraction of sp³-hybridized carbons (Fsp3) is 0.667. The molecule has 0 saturated carbocycles. The van der Waals surface area contributed by atoms with Gasteiger partial charge < -0.3 is 5.32 Å². The maximum atomic E-state index is 3.52. The molecule has 1 N–H and O–H groups in total. The third-order valence-electron chi connectivity index (χ3n) is 2.31. The van der Waals surface area contributed by atoms with E-state index in [1.165, 1.54) is 4.88 Å². The minimum atomic E-state index is 0.267. The molecule has 1 heterocycles. The molecule has 1 aromatic rings. The van der Waals surface area contributed by atoms with E-state index >= 15 is 0 Å². The molecule has 1 rings (SSSR count). The van der Waals surface area contributed by atoms with Gasteiger partial charge in [0.2, 0.25) is 0 Å². The zero-order chi connectivity index (χ0) is 10.6. The Morgan fingerprint density at radius 1 is 1.43 bits per heavy atom. The molecule has 0 amide bonds. The van der Waals surface area contributed by atoms with Crippen LogP contribution in [0.1, 0.15) is 32.6 Å². The van der Waals surface area contributed by atoms with Crippen molar-refractivity contribution in [2.45, 2.75) is 33.1 Å². The summed E-state index contributed by atoms with van der Waals surface area (Å²) in [4.78, 5) is 1.47. The lowest BCUT2D eigenvalue weighted by atomic mass is 9.91. The number of hydrogen-bond donors (Lipinski definition) is 1. The van der Waals surface area contributed by atoms with E-state index in [1.54, 1.807) is 0 Å². The second kappa shape index (κ2) is 4.94. The lowest BCUT2D eigenvalue weighted by Crippen LogP contribution is -2.34. The monoisotopic (exact) mass is 211 g/mol. The molecule has 0 atom stereocenters. The number of thiophene rings is 1. The van der Waals surface area contributed by atoms with Crippen LogP contribution in [0.2, 0.25) is 0 Å². The molecule has 14 heavy (non-hydrogen) atoms. The summed E-state index contributed by atoms with van der Waals surface area (Å²) < 4.78 is 0. The van der Waals surface area contributed by atoms with Crippen molar-refractivity contribution in [3.05, 3.63) is 22.4 Å². The first-order valence-electron chi connectivity index (χ1n) is 5.27. The van der Waals surface area contributed by atoms with Crippen molar-refractivity contribution in [1.82, 2.24) is 5.32 Å². The summed E-state index contributed by atoms with van der Waals surface area (Å²) in [7, 11) is 0. The summed E-state index contributed by atoms with van der Waals surface area (Å²) in [6, 6.07) is 4.35. The summed E-state index contributed by atoms with van der Waals surface area (Å²) in [6.45, 7) is 11.2. The zero-order valence-electron chi connectivity index (χ0n) is 9.63. The molecular formula is C12H21NS. The van der Waals surface area contributed by atoms with Crippen LogP contribution in [-0.4, -0.2) is 13.1 Å². The molecule has 2 heteroatoms. The Hall–Kier alpha value is -0.340. The third kappa shape index (κ3) is 3.43. The lowest BCUT2D eigenvalue weighted by molar-refractivity contribution is 0.449. The molecule has 0 bridgehead atoms. The Kier molecular flexibility index (Phi) is 4.14. The predicted molar refractivity (Wildman–Crippen MR) is 65.1 cm³/mol. The van der Waals surface area contributed by atoms with Gasteiger partial charge in [0.05, 0.1) is 0 Å². The number of hydrogen-bond acceptors (Lipinski definition) is 2. The maximum Gasteiger partial charge on any atom is 0.0115 e. The smallest absolute Gasteiger partial charge is 0.0115 e. The van der Waals surface area contributed by atoms with Crippen LogP contribution in [0.3, 0.4) is 0 Å². The quantitative estimate of drug-likeness (QED) is 0.788. The minimum absolute atomic E-state index is 0.267. The maximum absolute atomic E-state index is 3.52. The van der Waals surface area contributed by atoms with Crippen molar-refractivity contribution >= 4 is 11.3 Å². The average Bonchev–Trinajstić information content (AvgIpc) is 2.54. The second-order valence-electron chi connectivity index (χ2n) is 4.89. The van der Waals surface area contributed by atoms with Crippen molar-refractivity contribution in [2.24, 2.45) is 5.92 Å². The number of nitrogens with one attached hydrogen (secondary N) is 1. The Morgan fingerprint density at radius 2 is 2.14 bits per heavy atom. The van der Waals surface area contributed by atoms with E-state index in [0.717, 1.165) is 19.0 Å². The Balaban J connectivity index is 2.42. The summed E-state index contributed by atoms with van der Waals surface area (Å²) in [5.74, 6) is 0.731. The van der Waals surface area contributed by atoms with Gasteiger partial charge in [-0.3, -0.25) is 0 Å². The fourth-order valence-electron chi connectivity index (χ4n) is 1.42. The van der Waals surface area contributed by atoms with Gasteiger partial charge in [0.15, 0.2) is 0 Å². The Morgan fingerprint density at radius 3 is 2.64 bits per heavy atom. The van der Waals surface area contributed by atoms with E-state index in [1.807, 2.05) is 11.3 Å². The first kappa shape index (κ1) is 11.7. The SMILES string of the molecule is CC(C)CNCC(C)(C)c1cccs1. The van der Waals surface area contributed by atoms with E-state index in [2.05, 4.69) is 50.5 Å². The molecular weight excluding hydrogens is 190 g/mol. The Bertz CT molecular complexity index is 249. The van der Waals surface area contributed by atoms with Gasteiger partial charge in [-0.2, -0.15) is 0 Å². The molecule has 80 valence electrons. The van der Waals surface area contributed by atoms with Gasteiger partial charge in [0.25, 0.3) is 0 Å². The van der Waals surface area contributed by atoms with E-state index in [9.17, 15) is 0 Å². The predicted octanol–water partition coefficient (Wildman–Crippen LogP) is 3.27. The van der Waals surface area contributed by atoms with Crippen LogP contribution < -0.4 is 5.32 Å². The molecule has 0 spiro atoms. The first-order chi connectivity index (χ1) is 6.52. The molecule has 0 unspecified atom stereocenters. The van der Waals surface area contributed by atoms with Crippen LogP contribution in [0.25, 0.3) is 0 Å². The van der Waals surface area contributed by atoms with Crippen LogP contribution in [0.4, 0.5) is 0 Å². The summed E-state index contributed by atoms with van der Waals surface area (Å²) in [5.41, 5.74) is 0.267. The standard InChI is InChI=1S/C12H21NS/c1-10(2)8-13-9-12(3,4)11-6-5-7-14-11/h5-7,10,13H,8-9H2,1-4H3. The second-order valence-corrected chi connectivity index (χ2v) is 5.83.